The van der Waals surface area contributed by atoms with Crippen LogP contribution in [0.2, 0.25) is 0 Å². The van der Waals surface area contributed by atoms with Gasteiger partial charge in [0.2, 0.25) is 12.7 Å². The van der Waals surface area contributed by atoms with E-state index in [0.717, 1.165) is 33.0 Å². The van der Waals surface area contributed by atoms with E-state index in [1.165, 1.54) is 16.0 Å². The van der Waals surface area contributed by atoms with Gasteiger partial charge >= 0.3 is 6.03 Å². The third-order valence-corrected chi connectivity index (χ3v) is 9.05. The minimum Gasteiger partial charge on any atom is -0.454 e. The first kappa shape index (κ1) is 27.3. The molecule has 2 aromatic heterocycles. The summed E-state index contributed by atoms with van der Waals surface area (Å²) in [6, 6.07) is 20.4. The zero-order valence-corrected chi connectivity index (χ0v) is 24.3. The van der Waals surface area contributed by atoms with E-state index in [-0.39, 0.29) is 18.1 Å². The number of amides is 3. The van der Waals surface area contributed by atoms with Gasteiger partial charge in [-0.25, -0.2) is 9.78 Å². The van der Waals surface area contributed by atoms with Crippen LogP contribution in [0.4, 0.5) is 10.5 Å². The Morgan fingerprint density at radius 3 is 2.65 bits per heavy atom. The Labute approximate surface area is 253 Å². The number of imide groups is 1. The smallest absolute Gasteiger partial charge is 0.325 e. The molecule has 3 amide bonds. The molecule has 3 aromatic carbocycles. The normalized spacial score (nSPS) is 14.3. The van der Waals surface area contributed by atoms with E-state index in [1.807, 2.05) is 35.3 Å². The van der Waals surface area contributed by atoms with Crippen LogP contribution in [0.5, 0.6) is 11.5 Å². The van der Waals surface area contributed by atoms with Crippen molar-refractivity contribution in [2.75, 3.05) is 49.2 Å². The van der Waals surface area contributed by atoms with Crippen LogP contribution in [0.25, 0.3) is 31.4 Å². The van der Waals surface area contributed by atoms with Gasteiger partial charge in [0.15, 0.2) is 16.7 Å². The predicted molar refractivity (Wildman–Crippen MR) is 166 cm³/mol. The number of ether oxygens (including phenoxy) is 3. The number of carbonyl (C=O) groups excluding carboxylic acids is 2. The number of rotatable bonds is 6. The van der Waals surface area contributed by atoms with E-state index in [0.29, 0.717) is 58.9 Å². The fourth-order valence-corrected chi connectivity index (χ4v) is 6.98. The summed E-state index contributed by atoms with van der Waals surface area (Å²) < 4.78 is 17.6. The van der Waals surface area contributed by atoms with E-state index in [1.54, 1.807) is 18.2 Å². The Kier molecular flexibility index (Phi) is 7.35. The molecule has 11 nitrogen and oxygen atoms in total. The number of hydrogen-bond donors (Lipinski definition) is 2. The zero-order chi connectivity index (χ0) is 29.3. The minimum atomic E-state index is -0.684. The lowest BCUT2D eigenvalue weighted by Crippen LogP contribution is -2.49. The van der Waals surface area contributed by atoms with Gasteiger partial charge in [-0.3, -0.25) is 14.9 Å². The van der Waals surface area contributed by atoms with Crippen LogP contribution in [0.3, 0.4) is 0 Å². The Bertz CT molecular complexity index is 1930. The molecule has 7 rings (SSSR count). The third-order valence-electron chi connectivity index (χ3n) is 7.05. The highest BCUT2D eigenvalue weighted by Crippen LogP contribution is 2.37. The average Bonchev–Trinajstić information content (AvgIpc) is 3.67. The van der Waals surface area contributed by atoms with Crippen LogP contribution in [-0.4, -0.2) is 60.4 Å². The lowest BCUT2D eigenvalue weighted by molar-refractivity contribution is -0.117. The first-order valence-corrected chi connectivity index (χ1v) is 15.3. The van der Waals surface area contributed by atoms with Crippen LogP contribution in [-0.2, 0) is 9.53 Å². The number of fused-ring (bicyclic) bond motifs is 3. The van der Waals surface area contributed by atoms with Crippen molar-refractivity contribution < 1.29 is 23.8 Å². The number of thioether (sulfide) groups is 1. The number of anilines is 1. The topological polar surface area (TPSA) is 124 Å². The van der Waals surface area contributed by atoms with E-state index >= 15 is 0 Å². The maximum absolute atomic E-state index is 13.9. The van der Waals surface area contributed by atoms with Gasteiger partial charge in [0, 0.05) is 16.6 Å². The van der Waals surface area contributed by atoms with Crippen molar-refractivity contribution in [3.63, 3.8) is 0 Å². The van der Waals surface area contributed by atoms with Crippen molar-refractivity contribution in [2.24, 2.45) is 0 Å². The molecule has 0 bridgehead atoms. The summed E-state index contributed by atoms with van der Waals surface area (Å²) in [5, 5.41) is 9.93. The van der Waals surface area contributed by atoms with Crippen LogP contribution >= 0.6 is 23.1 Å². The Hall–Kier alpha value is -4.59. The standard InChI is InChI=1S/C30H25N5O6S2/c36-26(32-29(38)31-19-8-9-23-24(14-19)41-17-40-23)16-42-30-33-27-22(28(37)35(30)34-10-12-39-13-11-34)15-25(43-27)21-7-3-5-18-4-1-2-6-20(18)21/h1-9,14-15H,10-13,16-17H2,(H2,31,32,36,38). The molecule has 2 aliphatic heterocycles. The number of morpholine rings is 1. The Morgan fingerprint density at radius 2 is 1.77 bits per heavy atom. The van der Waals surface area contributed by atoms with Crippen molar-refractivity contribution in [3.05, 3.63) is 77.1 Å². The molecule has 1 fully saturated rings. The number of aromatic nitrogens is 2. The number of hydrogen-bond acceptors (Lipinski definition) is 10. The van der Waals surface area contributed by atoms with Gasteiger partial charge < -0.3 is 24.5 Å². The number of nitrogens with one attached hydrogen (secondary N) is 2. The molecule has 1 saturated heterocycles. The summed E-state index contributed by atoms with van der Waals surface area (Å²) in [6.45, 7) is 2.07. The first-order chi connectivity index (χ1) is 21.0. The number of benzene rings is 3. The van der Waals surface area contributed by atoms with Gasteiger partial charge in [-0.05, 0) is 34.5 Å². The summed E-state index contributed by atoms with van der Waals surface area (Å²) in [7, 11) is 0. The molecule has 0 unspecified atom stereocenters. The average molecular weight is 616 g/mol. The number of carbonyl (C=O) groups is 2. The van der Waals surface area contributed by atoms with Gasteiger partial charge in [0.25, 0.3) is 5.56 Å². The highest BCUT2D eigenvalue weighted by Gasteiger charge is 2.23. The predicted octanol–water partition coefficient (Wildman–Crippen LogP) is 4.42. The lowest BCUT2D eigenvalue weighted by Gasteiger charge is -2.31. The van der Waals surface area contributed by atoms with E-state index in [9.17, 15) is 14.4 Å². The molecule has 0 atom stereocenters. The largest absolute Gasteiger partial charge is 0.454 e. The number of nitrogens with zero attached hydrogens (tertiary/aromatic N) is 3. The molecule has 2 N–H and O–H groups in total. The molecule has 0 spiro atoms. The van der Waals surface area contributed by atoms with Gasteiger partial charge in [-0.1, -0.05) is 54.2 Å². The highest BCUT2D eigenvalue weighted by molar-refractivity contribution is 7.99. The summed E-state index contributed by atoms with van der Waals surface area (Å²) in [4.78, 5) is 45.5. The molecule has 5 aromatic rings. The summed E-state index contributed by atoms with van der Waals surface area (Å²) in [5.41, 5.74) is 1.27. The van der Waals surface area contributed by atoms with E-state index in [2.05, 4.69) is 28.8 Å². The van der Waals surface area contributed by atoms with Crippen molar-refractivity contribution in [3.8, 4) is 21.9 Å². The van der Waals surface area contributed by atoms with Crippen molar-refractivity contribution in [1.82, 2.24) is 15.0 Å². The molecular formula is C30H25N5O6S2. The summed E-state index contributed by atoms with van der Waals surface area (Å²) in [6.07, 6.45) is 0. The number of thiophene rings is 1. The first-order valence-electron chi connectivity index (χ1n) is 13.5. The second-order valence-corrected chi connectivity index (χ2v) is 11.8. The monoisotopic (exact) mass is 615 g/mol. The summed E-state index contributed by atoms with van der Waals surface area (Å²) >= 11 is 2.54. The molecule has 218 valence electrons. The van der Waals surface area contributed by atoms with E-state index < -0.39 is 11.9 Å². The Balaban J connectivity index is 1.14. The van der Waals surface area contributed by atoms with Gasteiger partial charge in [-0.2, -0.15) is 4.68 Å². The fraction of sp³-hybridized carbons (Fsp3) is 0.200. The van der Waals surface area contributed by atoms with Gasteiger partial charge in [-0.15, -0.1) is 11.3 Å². The quantitative estimate of drug-likeness (QED) is 0.211. The van der Waals surface area contributed by atoms with E-state index in [4.69, 9.17) is 19.2 Å². The third kappa shape index (κ3) is 5.49. The fourth-order valence-electron chi connectivity index (χ4n) is 5.05. The summed E-state index contributed by atoms with van der Waals surface area (Å²) in [5.74, 6) is 0.440. The lowest BCUT2D eigenvalue weighted by atomic mass is 10.0. The maximum Gasteiger partial charge on any atom is 0.325 e. The molecule has 0 radical (unpaired) electrons. The molecule has 13 heteroatoms. The van der Waals surface area contributed by atoms with Gasteiger partial charge in [0.1, 0.15) is 4.83 Å². The second kappa shape index (κ2) is 11.6. The molecule has 0 saturated carbocycles. The maximum atomic E-state index is 13.9. The van der Waals surface area contributed by atoms with Gasteiger partial charge in [0.05, 0.1) is 37.4 Å². The van der Waals surface area contributed by atoms with Crippen molar-refractivity contribution in [2.45, 2.75) is 5.16 Å². The highest BCUT2D eigenvalue weighted by atomic mass is 32.2. The molecule has 4 heterocycles. The minimum absolute atomic E-state index is 0.117. The van der Waals surface area contributed by atoms with Crippen LogP contribution < -0.4 is 30.7 Å². The SMILES string of the molecule is O=C(CSc1nc2sc(-c3cccc4ccccc34)cc2c(=O)n1N1CCOCC1)NC(=O)Nc1ccc2c(c1)OCO2. The number of urea groups is 1. The molecule has 2 aliphatic rings. The molecule has 43 heavy (non-hydrogen) atoms. The molecular weight excluding hydrogens is 590 g/mol. The van der Waals surface area contributed by atoms with Crippen LogP contribution in [0.1, 0.15) is 0 Å². The Morgan fingerprint density at radius 1 is 0.953 bits per heavy atom. The van der Waals surface area contributed by atoms with Crippen molar-refractivity contribution in [1.29, 1.82) is 0 Å². The van der Waals surface area contributed by atoms with Crippen LogP contribution in [0, 0.1) is 0 Å². The van der Waals surface area contributed by atoms with Crippen molar-refractivity contribution >= 4 is 61.7 Å². The zero-order valence-electron chi connectivity index (χ0n) is 22.7. The van der Waals surface area contributed by atoms with Crippen LogP contribution in [0.15, 0.2) is 76.7 Å². The molecule has 0 aliphatic carbocycles. The second-order valence-electron chi connectivity index (χ2n) is 9.79.